The maximum atomic E-state index is 13.2. The first-order valence-electron chi connectivity index (χ1n) is 9.91. The van der Waals surface area contributed by atoms with Crippen LogP contribution < -0.4 is 10.6 Å². The lowest BCUT2D eigenvalue weighted by molar-refractivity contribution is -0.117. The fourth-order valence-electron chi connectivity index (χ4n) is 4.05. The first kappa shape index (κ1) is 17.0. The van der Waals surface area contributed by atoms with E-state index >= 15 is 0 Å². The van der Waals surface area contributed by atoms with Gasteiger partial charge in [-0.25, -0.2) is 0 Å². The van der Waals surface area contributed by atoms with Crippen molar-refractivity contribution in [3.05, 3.63) is 77.4 Å². The molecule has 1 unspecified atom stereocenters. The summed E-state index contributed by atoms with van der Waals surface area (Å²) in [5, 5.41) is 8.17. The van der Waals surface area contributed by atoms with Gasteiger partial charge in [-0.05, 0) is 59.7 Å². The SMILES string of the molecule is O=C(NC1CCc2ccccc21)c1cc2ccccc2cc1NC(=O)C1CC1. The molecule has 28 heavy (non-hydrogen) atoms. The predicted molar refractivity (Wildman–Crippen MR) is 110 cm³/mol. The van der Waals surface area contributed by atoms with Crippen LogP contribution in [-0.2, 0) is 11.2 Å². The Morgan fingerprint density at radius 1 is 0.857 bits per heavy atom. The van der Waals surface area contributed by atoms with E-state index in [-0.39, 0.29) is 23.8 Å². The van der Waals surface area contributed by atoms with Crippen LogP contribution in [0.25, 0.3) is 10.8 Å². The van der Waals surface area contributed by atoms with Crippen molar-refractivity contribution in [3.63, 3.8) is 0 Å². The Labute approximate surface area is 164 Å². The lowest BCUT2D eigenvalue weighted by Gasteiger charge is -2.17. The van der Waals surface area contributed by atoms with E-state index in [4.69, 9.17) is 0 Å². The number of fused-ring (bicyclic) bond motifs is 2. The van der Waals surface area contributed by atoms with E-state index in [1.54, 1.807) is 0 Å². The predicted octanol–water partition coefficient (Wildman–Crippen LogP) is 4.61. The van der Waals surface area contributed by atoms with Gasteiger partial charge in [0.2, 0.25) is 5.91 Å². The summed E-state index contributed by atoms with van der Waals surface area (Å²) in [7, 11) is 0. The molecule has 1 atom stereocenters. The van der Waals surface area contributed by atoms with Gasteiger partial charge in [0.05, 0.1) is 17.3 Å². The zero-order valence-corrected chi connectivity index (χ0v) is 15.6. The molecule has 2 N–H and O–H groups in total. The van der Waals surface area contributed by atoms with Crippen molar-refractivity contribution in [2.75, 3.05) is 5.32 Å². The molecule has 0 saturated heterocycles. The van der Waals surface area contributed by atoms with Crippen molar-refractivity contribution in [2.24, 2.45) is 5.92 Å². The third-order valence-corrected chi connectivity index (χ3v) is 5.77. The molecule has 0 radical (unpaired) electrons. The molecule has 2 amide bonds. The Morgan fingerprint density at radius 2 is 1.57 bits per heavy atom. The quantitative estimate of drug-likeness (QED) is 0.705. The molecule has 140 valence electrons. The number of hydrogen-bond acceptors (Lipinski definition) is 2. The molecule has 2 aliphatic rings. The molecule has 0 spiro atoms. The molecule has 0 aliphatic heterocycles. The fraction of sp³-hybridized carbons (Fsp3) is 0.250. The minimum Gasteiger partial charge on any atom is -0.345 e. The molecule has 4 nitrogen and oxygen atoms in total. The molecule has 3 aromatic rings. The van der Waals surface area contributed by atoms with Gasteiger partial charge in [0.1, 0.15) is 0 Å². The summed E-state index contributed by atoms with van der Waals surface area (Å²) in [6, 6.07) is 20.0. The smallest absolute Gasteiger partial charge is 0.253 e. The van der Waals surface area contributed by atoms with E-state index in [1.807, 2.05) is 48.5 Å². The summed E-state index contributed by atoms with van der Waals surface area (Å²) in [5.74, 6) is -0.0433. The molecule has 1 fully saturated rings. The zero-order valence-electron chi connectivity index (χ0n) is 15.6. The van der Waals surface area contributed by atoms with Gasteiger partial charge in [0.25, 0.3) is 5.91 Å². The standard InChI is InChI=1S/C24H22N2O2/c27-23(16-9-10-16)26-22-14-18-7-2-1-6-17(18)13-20(22)24(28)25-21-12-11-15-5-3-4-8-19(15)21/h1-8,13-14,16,21H,9-12H2,(H,25,28)(H,26,27). The van der Waals surface area contributed by atoms with Gasteiger partial charge in [-0.15, -0.1) is 0 Å². The zero-order chi connectivity index (χ0) is 19.1. The first-order valence-corrected chi connectivity index (χ1v) is 9.91. The average molecular weight is 370 g/mol. The highest BCUT2D eigenvalue weighted by Crippen LogP contribution is 2.33. The number of rotatable bonds is 4. The number of carbonyl (C=O) groups excluding carboxylic acids is 2. The van der Waals surface area contributed by atoms with Crippen LogP contribution in [0.15, 0.2) is 60.7 Å². The highest BCUT2D eigenvalue weighted by molar-refractivity contribution is 6.08. The van der Waals surface area contributed by atoms with Crippen molar-refractivity contribution in [1.29, 1.82) is 0 Å². The molecule has 0 bridgehead atoms. The number of nitrogens with one attached hydrogen (secondary N) is 2. The van der Waals surface area contributed by atoms with Crippen LogP contribution in [0, 0.1) is 5.92 Å². The van der Waals surface area contributed by atoms with Crippen LogP contribution >= 0.6 is 0 Å². The van der Waals surface area contributed by atoms with Crippen molar-refractivity contribution >= 4 is 28.3 Å². The van der Waals surface area contributed by atoms with E-state index in [2.05, 4.69) is 22.8 Å². The van der Waals surface area contributed by atoms with Crippen LogP contribution in [0.3, 0.4) is 0 Å². The van der Waals surface area contributed by atoms with Gasteiger partial charge >= 0.3 is 0 Å². The number of benzene rings is 3. The summed E-state index contributed by atoms with van der Waals surface area (Å²) in [5.41, 5.74) is 3.62. The van der Waals surface area contributed by atoms with Crippen LogP contribution in [0.1, 0.15) is 46.8 Å². The van der Waals surface area contributed by atoms with Gasteiger partial charge in [-0.3, -0.25) is 9.59 Å². The lowest BCUT2D eigenvalue weighted by atomic mass is 10.0. The third-order valence-electron chi connectivity index (χ3n) is 5.77. The van der Waals surface area contributed by atoms with E-state index in [0.29, 0.717) is 11.3 Å². The molecule has 1 saturated carbocycles. The summed E-state index contributed by atoms with van der Waals surface area (Å²) in [4.78, 5) is 25.5. The van der Waals surface area contributed by atoms with Crippen LogP contribution in [-0.4, -0.2) is 11.8 Å². The maximum Gasteiger partial charge on any atom is 0.253 e. The second-order valence-electron chi connectivity index (χ2n) is 7.77. The van der Waals surface area contributed by atoms with Crippen molar-refractivity contribution < 1.29 is 9.59 Å². The number of anilines is 1. The first-order chi connectivity index (χ1) is 13.7. The maximum absolute atomic E-state index is 13.2. The van der Waals surface area contributed by atoms with E-state index < -0.39 is 0 Å². The monoisotopic (exact) mass is 370 g/mol. The molecule has 0 aromatic heterocycles. The van der Waals surface area contributed by atoms with Gasteiger partial charge in [0.15, 0.2) is 0 Å². The van der Waals surface area contributed by atoms with Crippen molar-refractivity contribution in [3.8, 4) is 0 Å². The molecular weight excluding hydrogens is 348 g/mol. The lowest BCUT2D eigenvalue weighted by Crippen LogP contribution is -2.28. The average Bonchev–Trinajstić information content (AvgIpc) is 3.50. The Kier molecular flexibility index (Phi) is 4.12. The molecular formula is C24H22N2O2. The second kappa shape index (κ2) is 6.79. The molecule has 2 aliphatic carbocycles. The minimum atomic E-state index is -0.140. The van der Waals surface area contributed by atoms with Gasteiger partial charge < -0.3 is 10.6 Å². The Hall–Kier alpha value is -3.14. The van der Waals surface area contributed by atoms with Gasteiger partial charge in [0, 0.05) is 5.92 Å². The van der Waals surface area contributed by atoms with Crippen LogP contribution in [0.2, 0.25) is 0 Å². The van der Waals surface area contributed by atoms with Gasteiger partial charge in [-0.1, -0.05) is 48.5 Å². The number of amides is 2. The van der Waals surface area contributed by atoms with Crippen LogP contribution in [0.5, 0.6) is 0 Å². The molecule has 0 heterocycles. The number of carbonyl (C=O) groups is 2. The van der Waals surface area contributed by atoms with Gasteiger partial charge in [-0.2, -0.15) is 0 Å². The summed E-state index contributed by atoms with van der Waals surface area (Å²) in [6.45, 7) is 0. The highest BCUT2D eigenvalue weighted by atomic mass is 16.2. The Morgan fingerprint density at radius 3 is 2.36 bits per heavy atom. The van der Waals surface area contributed by atoms with Crippen LogP contribution in [0.4, 0.5) is 5.69 Å². The summed E-state index contributed by atoms with van der Waals surface area (Å²) < 4.78 is 0. The second-order valence-corrected chi connectivity index (χ2v) is 7.77. The molecule has 5 rings (SSSR count). The molecule has 3 aromatic carbocycles. The van der Waals surface area contributed by atoms with E-state index in [9.17, 15) is 9.59 Å². The number of aryl methyl sites for hydroxylation is 1. The largest absolute Gasteiger partial charge is 0.345 e. The summed E-state index contributed by atoms with van der Waals surface area (Å²) >= 11 is 0. The number of hydrogen-bond donors (Lipinski definition) is 2. The summed E-state index contributed by atoms with van der Waals surface area (Å²) in [6.07, 6.45) is 3.74. The van der Waals surface area contributed by atoms with E-state index in [1.165, 1.54) is 11.1 Å². The normalized spacial score (nSPS) is 17.9. The Balaban J connectivity index is 1.47. The van der Waals surface area contributed by atoms with E-state index in [0.717, 1.165) is 36.5 Å². The Bertz CT molecular complexity index is 1080. The topological polar surface area (TPSA) is 58.2 Å². The van der Waals surface area contributed by atoms with Crippen molar-refractivity contribution in [1.82, 2.24) is 5.32 Å². The highest BCUT2D eigenvalue weighted by Gasteiger charge is 2.31. The minimum absolute atomic E-state index is 0.00976. The van der Waals surface area contributed by atoms with Crippen molar-refractivity contribution in [2.45, 2.75) is 31.7 Å². The fourth-order valence-corrected chi connectivity index (χ4v) is 4.05. The molecule has 4 heteroatoms. The third kappa shape index (κ3) is 3.15.